The zero-order valence-electron chi connectivity index (χ0n) is 17.8. The maximum absolute atomic E-state index is 14.8. The molecule has 0 radical (unpaired) electrons. The van der Waals surface area contributed by atoms with Gasteiger partial charge in [0.05, 0.1) is 11.7 Å². The highest BCUT2D eigenvalue weighted by Gasteiger charge is 2.39. The predicted octanol–water partition coefficient (Wildman–Crippen LogP) is 4.78. The first-order chi connectivity index (χ1) is 16.8. The van der Waals surface area contributed by atoms with E-state index in [9.17, 15) is 27.5 Å². The van der Waals surface area contributed by atoms with Crippen LogP contribution in [0.4, 0.5) is 17.6 Å². The van der Waals surface area contributed by atoms with Gasteiger partial charge in [-0.3, -0.25) is 9.78 Å². The van der Waals surface area contributed by atoms with Crippen molar-refractivity contribution in [2.24, 2.45) is 0 Å². The Morgan fingerprint density at radius 3 is 2.54 bits per heavy atom. The maximum atomic E-state index is 14.8. The van der Waals surface area contributed by atoms with E-state index in [1.165, 1.54) is 35.4 Å². The number of pyridine rings is 1. The number of alkyl halides is 2. The number of carbonyl (C=O) groups is 1. The quantitative estimate of drug-likeness (QED) is 0.396. The Kier molecular flexibility index (Phi) is 5.77. The largest absolute Gasteiger partial charge is 0.415 e. The van der Waals surface area contributed by atoms with Crippen molar-refractivity contribution >= 4 is 5.91 Å². The molecule has 0 saturated heterocycles. The Labute approximate surface area is 195 Å². The molecule has 5 rings (SSSR count). The van der Waals surface area contributed by atoms with Crippen molar-refractivity contribution in [3.8, 4) is 11.5 Å². The van der Waals surface area contributed by atoms with Crippen LogP contribution in [0.3, 0.4) is 0 Å². The van der Waals surface area contributed by atoms with Crippen LogP contribution in [-0.2, 0) is 6.54 Å². The lowest BCUT2D eigenvalue weighted by Crippen LogP contribution is -2.34. The summed E-state index contributed by atoms with van der Waals surface area (Å²) in [7, 11) is 0. The summed E-state index contributed by atoms with van der Waals surface area (Å²) >= 11 is 0. The number of benzene rings is 2. The van der Waals surface area contributed by atoms with Gasteiger partial charge >= 0.3 is 6.43 Å². The molecule has 7 nitrogen and oxygen atoms in total. The van der Waals surface area contributed by atoms with Crippen molar-refractivity contribution in [3.63, 3.8) is 0 Å². The van der Waals surface area contributed by atoms with Crippen molar-refractivity contribution in [3.05, 3.63) is 101 Å². The molecule has 0 fully saturated rings. The third-order valence-electron chi connectivity index (χ3n) is 5.72. The number of amides is 1. The van der Waals surface area contributed by atoms with Gasteiger partial charge in [-0.2, -0.15) is 8.78 Å². The van der Waals surface area contributed by atoms with Gasteiger partial charge in [0, 0.05) is 35.5 Å². The Balaban J connectivity index is 1.54. The van der Waals surface area contributed by atoms with Crippen LogP contribution in [0.15, 0.2) is 65.2 Å². The summed E-state index contributed by atoms with van der Waals surface area (Å²) in [5.74, 6) is -3.33. The molecule has 0 bridgehead atoms. The fraction of sp³-hybridized carbons (Fsp3) is 0.167. The van der Waals surface area contributed by atoms with E-state index in [-0.39, 0.29) is 34.8 Å². The van der Waals surface area contributed by atoms with Crippen molar-refractivity contribution in [2.45, 2.75) is 25.1 Å². The van der Waals surface area contributed by atoms with Crippen LogP contribution in [0.1, 0.15) is 51.6 Å². The van der Waals surface area contributed by atoms with E-state index in [0.717, 1.165) is 6.07 Å². The summed E-state index contributed by atoms with van der Waals surface area (Å²) in [4.78, 5) is 18.8. The molecular formula is C24H16F4N4O3. The highest BCUT2D eigenvalue weighted by atomic mass is 19.3. The van der Waals surface area contributed by atoms with Gasteiger partial charge in [-0.05, 0) is 35.9 Å². The molecule has 1 amide bonds. The van der Waals surface area contributed by atoms with Gasteiger partial charge < -0.3 is 14.4 Å². The molecule has 2 aromatic carbocycles. The normalized spacial score (nSPS) is 14.9. The first-order valence-electron chi connectivity index (χ1n) is 10.4. The van der Waals surface area contributed by atoms with E-state index in [2.05, 4.69) is 15.2 Å². The molecule has 1 aliphatic heterocycles. The maximum Gasteiger partial charge on any atom is 0.314 e. The molecule has 178 valence electrons. The number of aliphatic hydroxyl groups excluding tert-OH is 1. The summed E-state index contributed by atoms with van der Waals surface area (Å²) < 4.78 is 59.0. The zero-order valence-corrected chi connectivity index (χ0v) is 17.8. The molecule has 0 saturated carbocycles. The van der Waals surface area contributed by atoms with Crippen molar-refractivity contribution in [2.75, 3.05) is 0 Å². The molecule has 1 aliphatic rings. The van der Waals surface area contributed by atoms with E-state index in [1.54, 1.807) is 18.2 Å². The van der Waals surface area contributed by atoms with Gasteiger partial charge in [-0.15, -0.1) is 10.2 Å². The van der Waals surface area contributed by atoms with Gasteiger partial charge in [0.15, 0.2) is 0 Å². The predicted molar refractivity (Wildman–Crippen MR) is 113 cm³/mol. The second-order valence-corrected chi connectivity index (χ2v) is 7.86. The molecule has 35 heavy (non-hydrogen) atoms. The standard InChI is InChI=1S/C24H16F4N4O3/c25-14-6-7-15(17(26)10-14)19(20(33)18-3-1-2-8-29-18)32-11-13-5-4-12(9-16(13)24(32)34)22-30-31-23(35-22)21(27)28/h1-10,19-21,33H,11H2/t19-,20?/m1/s1. The average Bonchev–Trinajstić information content (AvgIpc) is 3.47. The number of rotatable bonds is 6. The third-order valence-corrected chi connectivity index (χ3v) is 5.72. The average molecular weight is 484 g/mol. The minimum Gasteiger partial charge on any atom is -0.415 e. The van der Waals surface area contributed by atoms with Crippen molar-refractivity contribution < 1.29 is 31.9 Å². The highest BCUT2D eigenvalue weighted by Crippen LogP contribution is 2.40. The van der Waals surface area contributed by atoms with Crippen LogP contribution in [0.2, 0.25) is 0 Å². The number of hydrogen-bond donors (Lipinski definition) is 1. The smallest absolute Gasteiger partial charge is 0.314 e. The van der Waals surface area contributed by atoms with Crippen LogP contribution in [0, 0.1) is 11.6 Å². The summed E-state index contributed by atoms with van der Waals surface area (Å²) in [6.45, 7) is 0.00589. The molecule has 0 aliphatic carbocycles. The van der Waals surface area contributed by atoms with Gasteiger partial charge in [0.2, 0.25) is 5.89 Å². The molecule has 1 N–H and O–H groups in total. The second kappa shape index (κ2) is 8.91. The molecule has 2 aromatic heterocycles. The number of hydrogen-bond acceptors (Lipinski definition) is 6. The lowest BCUT2D eigenvalue weighted by atomic mass is 9.96. The molecule has 3 heterocycles. The van der Waals surface area contributed by atoms with Crippen molar-refractivity contribution in [1.82, 2.24) is 20.1 Å². The van der Waals surface area contributed by atoms with E-state index < -0.39 is 42.0 Å². The summed E-state index contributed by atoms with van der Waals surface area (Å²) in [6, 6.07) is 11.0. The first kappa shape index (κ1) is 22.7. The highest BCUT2D eigenvalue weighted by molar-refractivity contribution is 5.99. The van der Waals surface area contributed by atoms with E-state index in [4.69, 9.17) is 4.42 Å². The minimum atomic E-state index is -2.94. The number of aromatic nitrogens is 3. The molecule has 0 spiro atoms. The van der Waals surface area contributed by atoms with E-state index in [1.807, 2.05) is 0 Å². The molecule has 4 aromatic rings. The van der Waals surface area contributed by atoms with Crippen LogP contribution < -0.4 is 0 Å². The van der Waals surface area contributed by atoms with E-state index in [0.29, 0.717) is 11.6 Å². The Morgan fingerprint density at radius 2 is 1.86 bits per heavy atom. The van der Waals surface area contributed by atoms with Gasteiger partial charge in [0.1, 0.15) is 17.7 Å². The lowest BCUT2D eigenvalue weighted by Gasteiger charge is -2.32. The number of halogens is 4. The molecule has 11 heteroatoms. The fourth-order valence-corrected chi connectivity index (χ4v) is 4.08. The molecular weight excluding hydrogens is 468 g/mol. The van der Waals surface area contributed by atoms with Gasteiger partial charge in [-0.1, -0.05) is 18.2 Å². The van der Waals surface area contributed by atoms with Crippen molar-refractivity contribution in [1.29, 1.82) is 0 Å². The fourth-order valence-electron chi connectivity index (χ4n) is 4.08. The summed E-state index contributed by atoms with van der Waals surface area (Å²) in [6.07, 6.45) is -2.93. The third kappa shape index (κ3) is 4.14. The Bertz CT molecular complexity index is 1400. The SMILES string of the molecule is O=C1c2cc(-c3nnc(C(F)F)o3)ccc2CN1[C@H](c1ccc(F)cc1F)C(O)c1ccccn1. The van der Waals surface area contributed by atoms with Crippen LogP contribution in [0.5, 0.6) is 0 Å². The number of fused-ring (bicyclic) bond motifs is 1. The Morgan fingerprint density at radius 1 is 1.03 bits per heavy atom. The zero-order chi connectivity index (χ0) is 24.7. The topological polar surface area (TPSA) is 92.4 Å². The number of carbonyl (C=O) groups excluding carboxylic acids is 1. The summed E-state index contributed by atoms with van der Waals surface area (Å²) in [5.41, 5.74) is 1.08. The van der Waals surface area contributed by atoms with Crippen LogP contribution in [-0.4, -0.2) is 31.1 Å². The summed E-state index contributed by atoms with van der Waals surface area (Å²) in [5, 5.41) is 18.0. The number of aliphatic hydroxyl groups is 1. The number of nitrogens with zero attached hydrogens (tertiary/aromatic N) is 4. The Hall–Kier alpha value is -4.12. The lowest BCUT2D eigenvalue weighted by molar-refractivity contribution is 0.0334. The first-order valence-corrected chi connectivity index (χ1v) is 10.4. The van der Waals surface area contributed by atoms with Gasteiger partial charge in [0.25, 0.3) is 11.8 Å². The second-order valence-electron chi connectivity index (χ2n) is 7.86. The van der Waals surface area contributed by atoms with Crippen LogP contribution in [0.25, 0.3) is 11.5 Å². The van der Waals surface area contributed by atoms with Crippen LogP contribution >= 0.6 is 0 Å². The van der Waals surface area contributed by atoms with Gasteiger partial charge in [-0.25, -0.2) is 8.78 Å². The molecule has 2 atom stereocenters. The minimum absolute atomic E-state index is 0.00589. The molecule has 1 unspecified atom stereocenters. The van der Waals surface area contributed by atoms with E-state index >= 15 is 0 Å². The monoisotopic (exact) mass is 484 g/mol.